The molecule has 0 aromatic rings. The number of nitrogens with zero attached hydrogens (tertiary/aromatic N) is 1. The van der Waals surface area contributed by atoms with Gasteiger partial charge in [-0.05, 0) is 5.92 Å². The molecule has 0 radical (unpaired) electrons. The van der Waals surface area contributed by atoms with Gasteiger partial charge in [-0.3, -0.25) is 4.79 Å². The van der Waals surface area contributed by atoms with E-state index < -0.39 is 11.9 Å². The molecule has 98 valence electrons. The first kappa shape index (κ1) is 19.6. The van der Waals surface area contributed by atoms with Crippen molar-refractivity contribution in [2.75, 3.05) is 13.1 Å². The summed E-state index contributed by atoms with van der Waals surface area (Å²) in [5.41, 5.74) is 0. The number of carbonyl (C=O) groups is 2. The Bertz CT molecular complexity index is 269. The van der Waals surface area contributed by atoms with Gasteiger partial charge in [-0.2, -0.15) is 0 Å². The largest absolute Gasteiger partial charge is 1.00 e. The van der Waals surface area contributed by atoms with Crippen LogP contribution in [0.2, 0.25) is 0 Å². The predicted octanol–water partition coefficient (Wildman–Crippen LogP) is -0.714. The van der Waals surface area contributed by atoms with E-state index in [-0.39, 0.29) is 31.2 Å². The van der Waals surface area contributed by atoms with Crippen molar-refractivity contribution in [3.8, 4) is 0 Å². The standard InChI is InChI=1S/C12H20NO4.Li/c1-2-3-5-10(8-12(16)17)9-13-7-4-6-11(14)15;/h4,6,10H,2-3,5,7-9H2,1H3,(H,14,15)(H,16,17);/q-1;+1/b6-4-;. The molecule has 0 heterocycles. The van der Waals surface area contributed by atoms with Crippen molar-refractivity contribution >= 4 is 11.9 Å². The molecule has 0 rings (SSSR count). The van der Waals surface area contributed by atoms with Crippen molar-refractivity contribution in [3.05, 3.63) is 17.5 Å². The summed E-state index contributed by atoms with van der Waals surface area (Å²) in [7, 11) is 0. The molecule has 0 fully saturated rings. The third-order valence-electron chi connectivity index (χ3n) is 2.31. The second kappa shape index (κ2) is 12.7. The van der Waals surface area contributed by atoms with Gasteiger partial charge in [-0.1, -0.05) is 32.3 Å². The van der Waals surface area contributed by atoms with Crippen LogP contribution in [-0.2, 0) is 9.59 Å². The van der Waals surface area contributed by atoms with Crippen molar-refractivity contribution in [2.24, 2.45) is 5.92 Å². The van der Waals surface area contributed by atoms with Crippen molar-refractivity contribution in [1.29, 1.82) is 0 Å². The molecule has 0 aliphatic carbocycles. The van der Waals surface area contributed by atoms with Crippen LogP contribution in [0.1, 0.15) is 32.6 Å². The van der Waals surface area contributed by atoms with E-state index >= 15 is 0 Å². The molecule has 0 aromatic carbocycles. The topological polar surface area (TPSA) is 88.7 Å². The molecule has 5 nitrogen and oxygen atoms in total. The molecule has 0 saturated carbocycles. The third-order valence-corrected chi connectivity index (χ3v) is 2.31. The minimum atomic E-state index is -0.992. The molecule has 0 saturated heterocycles. The molecule has 0 aromatic heterocycles. The van der Waals surface area contributed by atoms with E-state index in [9.17, 15) is 9.59 Å². The zero-order chi connectivity index (χ0) is 13.1. The Morgan fingerprint density at radius 1 is 1.33 bits per heavy atom. The average Bonchev–Trinajstić information content (AvgIpc) is 2.23. The molecule has 1 unspecified atom stereocenters. The van der Waals surface area contributed by atoms with Crippen LogP contribution in [0.3, 0.4) is 0 Å². The monoisotopic (exact) mass is 249 g/mol. The summed E-state index contributed by atoms with van der Waals surface area (Å²) in [4.78, 5) is 20.8. The van der Waals surface area contributed by atoms with E-state index in [4.69, 9.17) is 10.2 Å². The zero-order valence-corrected chi connectivity index (χ0v) is 11.1. The maximum absolute atomic E-state index is 10.6. The summed E-state index contributed by atoms with van der Waals surface area (Å²) in [6, 6.07) is 0. The molecular weight excluding hydrogens is 229 g/mol. The van der Waals surface area contributed by atoms with Crippen molar-refractivity contribution in [2.45, 2.75) is 32.6 Å². The van der Waals surface area contributed by atoms with Gasteiger partial charge in [0.25, 0.3) is 0 Å². The van der Waals surface area contributed by atoms with Crippen LogP contribution in [-0.4, -0.2) is 35.2 Å². The fourth-order valence-corrected chi connectivity index (χ4v) is 1.48. The first-order chi connectivity index (χ1) is 8.06. The molecule has 0 spiro atoms. The van der Waals surface area contributed by atoms with Crippen LogP contribution < -0.4 is 18.9 Å². The molecule has 1 atom stereocenters. The van der Waals surface area contributed by atoms with Gasteiger partial charge < -0.3 is 15.5 Å². The molecule has 18 heavy (non-hydrogen) atoms. The molecular formula is C12H20LiNO4. The van der Waals surface area contributed by atoms with Gasteiger partial charge in [0.15, 0.2) is 0 Å². The summed E-state index contributed by atoms with van der Waals surface area (Å²) in [5, 5.41) is 21.2. The van der Waals surface area contributed by atoms with Crippen LogP contribution in [0.25, 0.3) is 5.32 Å². The van der Waals surface area contributed by atoms with Gasteiger partial charge in [0.05, 0.1) is 0 Å². The number of unbranched alkanes of at least 4 members (excludes halogenated alkanes) is 1. The quantitative estimate of drug-likeness (QED) is 0.304. The summed E-state index contributed by atoms with van der Waals surface area (Å²) >= 11 is 0. The molecule has 0 amide bonds. The van der Waals surface area contributed by atoms with Gasteiger partial charge in [-0.15, -0.1) is 13.1 Å². The smallest absolute Gasteiger partial charge is 0.659 e. The number of aliphatic carboxylic acids is 2. The Morgan fingerprint density at radius 3 is 2.50 bits per heavy atom. The average molecular weight is 249 g/mol. The van der Waals surface area contributed by atoms with E-state index in [2.05, 4.69) is 12.2 Å². The maximum Gasteiger partial charge on any atom is 1.00 e. The summed E-state index contributed by atoms with van der Waals surface area (Å²) < 4.78 is 0. The second-order valence-electron chi connectivity index (χ2n) is 3.94. The number of hydrogen-bond donors (Lipinski definition) is 2. The Kier molecular flexibility index (Phi) is 13.8. The third kappa shape index (κ3) is 13.3. The van der Waals surface area contributed by atoms with E-state index in [1.807, 2.05) is 0 Å². The molecule has 0 aliphatic heterocycles. The number of carboxylic acid groups (broad SMARTS) is 2. The van der Waals surface area contributed by atoms with Gasteiger partial charge >= 0.3 is 30.8 Å². The van der Waals surface area contributed by atoms with E-state index in [1.54, 1.807) is 0 Å². The SMILES string of the molecule is CCCCC(C[N-]C/C=C\C(=O)O)CC(=O)O.[Li+]. The van der Waals surface area contributed by atoms with Gasteiger partial charge in [0.2, 0.25) is 0 Å². The minimum absolute atomic E-state index is 0. The first-order valence-electron chi connectivity index (χ1n) is 5.80. The maximum atomic E-state index is 10.6. The van der Waals surface area contributed by atoms with Gasteiger partial charge in [-0.25, -0.2) is 4.79 Å². The minimum Gasteiger partial charge on any atom is -0.659 e. The fraction of sp³-hybridized carbons (Fsp3) is 0.667. The predicted molar refractivity (Wildman–Crippen MR) is 65.1 cm³/mol. The Balaban J connectivity index is 0. The second-order valence-corrected chi connectivity index (χ2v) is 3.94. The van der Waals surface area contributed by atoms with Crippen molar-refractivity contribution in [3.63, 3.8) is 0 Å². The van der Waals surface area contributed by atoms with Crippen LogP contribution in [0.4, 0.5) is 0 Å². The normalized spacial score (nSPS) is 12.1. The summed E-state index contributed by atoms with van der Waals surface area (Å²) in [6.45, 7) is 2.87. The fourth-order valence-electron chi connectivity index (χ4n) is 1.48. The van der Waals surface area contributed by atoms with Crippen LogP contribution in [0, 0.1) is 5.92 Å². The molecule has 0 aliphatic rings. The Morgan fingerprint density at radius 2 is 2.00 bits per heavy atom. The summed E-state index contributed by atoms with van der Waals surface area (Å²) in [6.07, 6.45) is 5.52. The van der Waals surface area contributed by atoms with E-state index in [0.29, 0.717) is 13.1 Å². The van der Waals surface area contributed by atoms with Crippen molar-refractivity contribution < 1.29 is 38.7 Å². The van der Waals surface area contributed by atoms with Gasteiger partial charge in [0, 0.05) is 12.5 Å². The zero-order valence-electron chi connectivity index (χ0n) is 11.1. The van der Waals surface area contributed by atoms with E-state index in [1.165, 1.54) is 6.08 Å². The van der Waals surface area contributed by atoms with Gasteiger partial charge in [0.1, 0.15) is 0 Å². The number of carboxylic acids is 2. The number of rotatable bonds is 10. The molecule has 0 bridgehead atoms. The Labute approximate surface area is 120 Å². The molecule has 2 N–H and O–H groups in total. The van der Waals surface area contributed by atoms with Crippen LogP contribution in [0.15, 0.2) is 12.2 Å². The number of hydrogen-bond acceptors (Lipinski definition) is 2. The van der Waals surface area contributed by atoms with E-state index in [0.717, 1.165) is 25.3 Å². The first-order valence-corrected chi connectivity index (χ1v) is 5.80. The van der Waals surface area contributed by atoms with Crippen molar-refractivity contribution in [1.82, 2.24) is 0 Å². The molecule has 6 heteroatoms. The summed E-state index contributed by atoms with van der Waals surface area (Å²) in [5.74, 6) is -1.73. The van der Waals surface area contributed by atoms with Crippen LogP contribution >= 0.6 is 0 Å². The Hall–Kier alpha value is -0.763. The van der Waals surface area contributed by atoms with Crippen LogP contribution in [0.5, 0.6) is 0 Å².